The number of halogens is 4. The van der Waals surface area contributed by atoms with E-state index in [1.54, 1.807) is 6.07 Å². The highest BCUT2D eigenvalue weighted by atomic mass is 19.4. The first-order chi connectivity index (χ1) is 19.1. The molecule has 1 N–H and O–H groups in total. The van der Waals surface area contributed by atoms with E-state index in [2.05, 4.69) is 10.3 Å². The number of piperidine rings is 1. The van der Waals surface area contributed by atoms with Crippen LogP contribution >= 0.6 is 0 Å². The third-order valence-electron chi connectivity index (χ3n) is 7.37. The van der Waals surface area contributed by atoms with Gasteiger partial charge in [0.1, 0.15) is 0 Å². The molecule has 3 heterocycles. The Bertz CT molecular complexity index is 1430. The molecule has 3 aliphatic heterocycles. The zero-order chi connectivity index (χ0) is 28.6. The van der Waals surface area contributed by atoms with Gasteiger partial charge in [0, 0.05) is 43.9 Å². The van der Waals surface area contributed by atoms with Crippen LogP contribution in [-0.2, 0) is 15.8 Å². The van der Waals surface area contributed by atoms with E-state index >= 15 is 0 Å². The summed E-state index contributed by atoms with van der Waals surface area (Å²) in [4.78, 5) is 45.2. The van der Waals surface area contributed by atoms with Crippen molar-refractivity contribution < 1.29 is 31.9 Å². The number of nitrogens with one attached hydrogen (secondary N) is 1. The Balaban J connectivity index is 1.42. The number of amides is 3. The Kier molecular flexibility index (Phi) is 7.31. The lowest BCUT2D eigenvalue weighted by molar-refractivity contribution is -0.137. The Hall–Kier alpha value is -4.27. The quantitative estimate of drug-likeness (QED) is 0.572. The molecule has 1 unspecified atom stereocenters. The van der Waals surface area contributed by atoms with E-state index in [0.29, 0.717) is 13.1 Å². The second kappa shape index (κ2) is 10.7. The number of nitrogens with zero attached hydrogens (tertiary/aromatic N) is 4. The van der Waals surface area contributed by atoms with Gasteiger partial charge in [-0.15, -0.1) is 0 Å². The van der Waals surface area contributed by atoms with Crippen molar-refractivity contribution in [3.05, 3.63) is 64.3 Å². The van der Waals surface area contributed by atoms with Crippen LogP contribution in [0.5, 0.6) is 0 Å². The van der Waals surface area contributed by atoms with E-state index in [4.69, 9.17) is 0 Å². The summed E-state index contributed by atoms with van der Waals surface area (Å²) in [6.45, 7) is 0.884. The van der Waals surface area contributed by atoms with Crippen molar-refractivity contribution in [2.24, 2.45) is 4.99 Å². The minimum absolute atomic E-state index is 0.0478. The van der Waals surface area contributed by atoms with Gasteiger partial charge in [0.15, 0.2) is 6.17 Å². The number of likely N-dealkylation sites (tertiary alicyclic amines) is 1. The molecule has 0 spiro atoms. The molecule has 1 aromatic carbocycles. The molecule has 5 rings (SSSR count). The summed E-state index contributed by atoms with van der Waals surface area (Å²) in [6, 6.07) is 3.04. The van der Waals surface area contributed by atoms with Crippen LogP contribution in [-0.4, -0.2) is 66.7 Å². The summed E-state index contributed by atoms with van der Waals surface area (Å²) in [5.74, 6) is -2.03. The lowest BCUT2D eigenvalue weighted by Crippen LogP contribution is -2.41. The summed E-state index contributed by atoms with van der Waals surface area (Å²) in [7, 11) is 0. The number of carbonyl (C=O) groups is 3. The highest BCUT2D eigenvalue weighted by molar-refractivity contribution is 6.24. The van der Waals surface area contributed by atoms with Gasteiger partial charge < -0.3 is 15.1 Å². The number of nitriles is 1. The molecule has 8 nitrogen and oxygen atoms in total. The van der Waals surface area contributed by atoms with Crippen LogP contribution in [0, 0.1) is 11.3 Å². The highest BCUT2D eigenvalue weighted by Gasteiger charge is 2.41. The molecule has 2 atom stereocenters. The first-order valence-electron chi connectivity index (χ1n) is 12.9. The summed E-state index contributed by atoms with van der Waals surface area (Å²) in [5.41, 5.74) is -1.95. The van der Waals surface area contributed by atoms with Crippen molar-refractivity contribution in [1.29, 1.82) is 5.26 Å². The number of hydrogen-bond donors (Lipinski definition) is 1. The van der Waals surface area contributed by atoms with Gasteiger partial charge in [-0.1, -0.05) is 12.2 Å². The van der Waals surface area contributed by atoms with E-state index in [1.807, 2.05) is 0 Å². The smallest absolute Gasteiger partial charge is 0.368 e. The molecule has 12 heteroatoms. The number of allylic oxidation sites excluding steroid dienone is 3. The molecule has 0 aromatic heterocycles. The number of benzene rings is 1. The van der Waals surface area contributed by atoms with Crippen LogP contribution in [0.3, 0.4) is 0 Å². The van der Waals surface area contributed by atoms with Gasteiger partial charge in [0.2, 0.25) is 0 Å². The van der Waals surface area contributed by atoms with Gasteiger partial charge in [-0.05, 0) is 43.9 Å². The monoisotopic (exact) mass is 555 g/mol. The normalized spacial score (nSPS) is 22.7. The minimum Gasteiger partial charge on any atom is -0.368 e. The summed E-state index contributed by atoms with van der Waals surface area (Å²) >= 11 is 0. The molecule has 2 fully saturated rings. The van der Waals surface area contributed by atoms with Crippen LogP contribution < -0.4 is 10.2 Å². The fraction of sp³-hybridized carbons (Fsp3) is 0.393. The molecular formula is C28H25F4N5O3. The van der Waals surface area contributed by atoms with Gasteiger partial charge >= 0.3 is 6.18 Å². The van der Waals surface area contributed by atoms with Gasteiger partial charge in [-0.2, -0.15) is 18.4 Å². The van der Waals surface area contributed by atoms with Crippen LogP contribution in [0.1, 0.15) is 47.2 Å². The largest absolute Gasteiger partial charge is 0.418 e. The number of dihydropyridines is 1. The minimum atomic E-state index is -4.84. The first-order valence-corrected chi connectivity index (χ1v) is 12.9. The second-order valence-electron chi connectivity index (χ2n) is 10.0. The van der Waals surface area contributed by atoms with Crippen molar-refractivity contribution in [2.75, 3.05) is 31.1 Å². The molecule has 0 saturated carbocycles. The van der Waals surface area contributed by atoms with Crippen LogP contribution in [0.2, 0.25) is 0 Å². The third-order valence-corrected chi connectivity index (χ3v) is 7.37. The van der Waals surface area contributed by atoms with Crippen LogP contribution in [0.25, 0.3) is 0 Å². The topological polar surface area (TPSA) is 106 Å². The third kappa shape index (κ3) is 5.28. The van der Waals surface area contributed by atoms with Gasteiger partial charge in [0.25, 0.3) is 17.7 Å². The van der Waals surface area contributed by atoms with E-state index in [1.165, 1.54) is 34.1 Å². The molecular weight excluding hydrogens is 530 g/mol. The molecule has 3 amide bonds. The van der Waals surface area contributed by atoms with Gasteiger partial charge in [-0.25, -0.2) is 9.38 Å². The summed E-state index contributed by atoms with van der Waals surface area (Å²) in [5, 5.41) is 12.1. The number of aliphatic imine (C=N–C) groups is 1. The van der Waals surface area contributed by atoms with E-state index in [9.17, 15) is 37.2 Å². The lowest BCUT2D eigenvalue weighted by Gasteiger charge is -2.31. The molecule has 4 aliphatic rings. The summed E-state index contributed by atoms with van der Waals surface area (Å²) < 4.78 is 57.0. The Labute approximate surface area is 227 Å². The molecule has 0 radical (unpaired) electrons. The number of carbonyl (C=O) groups excluding carboxylic acids is 3. The van der Waals surface area contributed by atoms with E-state index in [0.717, 1.165) is 31.4 Å². The number of anilines is 1. The van der Waals surface area contributed by atoms with Gasteiger partial charge in [0.05, 0.1) is 39.7 Å². The molecule has 1 aliphatic carbocycles. The van der Waals surface area contributed by atoms with Crippen molar-refractivity contribution in [3.63, 3.8) is 0 Å². The Morgan fingerprint density at radius 3 is 2.58 bits per heavy atom. The van der Waals surface area contributed by atoms with Crippen molar-refractivity contribution in [1.82, 2.24) is 10.2 Å². The molecule has 208 valence electrons. The SMILES string of the molecule is N#Cc1cc(C(=O)N2CCCCC2)c(N2CC[C@@H](NC(=O)C3=CC(=O)N=C4C3=CC=CC4F)C2)c(C(F)(F)F)c1. The average Bonchev–Trinajstić information content (AvgIpc) is 3.40. The van der Waals surface area contributed by atoms with Crippen molar-refractivity contribution in [2.45, 2.75) is 44.1 Å². The molecule has 1 aromatic rings. The van der Waals surface area contributed by atoms with Crippen molar-refractivity contribution >= 4 is 29.1 Å². The molecule has 0 bridgehead atoms. The van der Waals surface area contributed by atoms with Gasteiger partial charge in [-0.3, -0.25) is 14.4 Å². The van der Waals surface area contributed by atoms with Crippen LogP contribution in [0.4, 0.5) is 23.2 Å². The molecule has 2 saturated heterocycles. The van der Waals surface area contributed by atoms with E-state index in [-0.39, 0.29) is 53.2 Å². The zero-order valence-corrected chi connectivity index (χ0v) is 21.3. The second-order valence-corrected chi connectivity index (χ2v) is 10.0. The fourth-order valence-electron chi connectivity index (χ4n) is 5.49. The maximum absolute atomic E-state index is 14.3. The van der Waals surface area contributed by atoms with Crippen LogP contribution in [0.15, 0.2) is 52.6 Å². The van der Waals surface area contributed by atoms with Crippen molar-refractivity contribution in [3.8, 4) is 6.07 Å². The number of fused-ring (bicyclic) bond motifs is 1. The van der Waals surface area contributed by atoms with E-state index < -0.39 is 41.7 Å². The number of hydrogen-bond acceptors (Lipinski definition) is 5. The highest BCUT2D eigenvalue weighted by Crippen LogP contribution is 2.41. The average molecular weight is 556 g/mol. The number of rotatable bonds is 4. The standard InChI is InChI=1S/C28H25F4N5O3/c29-22-6-4-5-18-19(13-23(38)35-24(18)22)26(39)34-17-7-10-37(15-17)25-20(27(40)36-8-2-1-3-9-36)11-16(14-33)12-21(25)28(30,31)32/h4-6,11-13,17,22H,1-3,7-10,15H2,(H,34,39)/t17-,22?/m1/s1. The summed E-state index contributed by atoms with van der Waals surface area (Å²) in [6.07, 6.45) is 1.26. The molecule has 40 heavy (non-hydrogen) atoms. The fourth-order valence-corrected chi connectivity index (χ4v) is 5.49. The zero-order valence-electron chi connectivity index (χ0n) is 21.3. The lowest BCUT2D eigenvalue weighted by atomic mass is 9.91. The Morgan fingerprint density at radius 1 is 1.12 bits per heavy atom. The predicted octanol–water partition coefficient (Wildman–Crippen LogP) is 3.64. The first kappa shape index (κ1) is 27.3. The maximum atomic E-state index is 14.3. The number of alkyl halides is 4. The predicted molar refractivity (Wildman–Crippen MR) is 137 cm³/mol. The Morgan fingerprint density at radius 2 is 1.88 bits per heavy atom. The maximum Gasteiger partial charge on any atom is 0.418 e.